The van der Waals surface area contributed by atoms with E-state index in [1.54, 1.807) is 6.20 Å². The fourth-order valence-electron chi connectivity index (χ4n) is 6.55. The molecule has 6 nitrogen and oxygen atoms in total. The summed E-state index contributed by atoms with van der Waals surface area (Å²) in [4.78, 5) is 29.3. The highest BCUT2D eigenvalue weighted by molar-refractivity contribution is 5.84. The Morgan fingerprint density at radius 2 is 0.778 bits per heavy atom. The predicted molar refractivity (Wildman–Crippen MR) is 217 cm³/mol. The molecule has 0 N–H and O–H groups in total. The van der Waals surface area contributed by atoms with Gasteiger partial charge in [-0.25, -0.2) is 19.9 Å². The van der Waals surface area contributed by atoms with Gasteiger partial charge in [-0.3, -0.25) is 9.97 Å². The van der Waals surface area contributed by atoms with Crippen LogP contribution in [0.25, 0.3) is 90.3 Å². The first-order chi connectivity index (χ1) is 26.7. The third-order valence-electron chi connectivity index (χ3n) is 9.26. The van der Waals surface area contributed by atoms with Crippen LogP contribution < -0.4 is 0 Å². The second kappa shape index (κ2) is 14.7. The summed E-state index contributed by atoms with van der Waals surface area (Å²) < 4.78 is 0. The Labute approximate surface area is 313 Å². The summed E-state index contributed by atoms with van der Waals surface area (Å²) in [7, 11) is 0. The van der Waals surface area contributed by atoms with Gasteiger partial charge in [-0.2, -0.15) is 0 Å². The van der Waals surface area contributed by atoms with Crippen LogP contribution in [0.4, 0.5) is 0 Å². The van der Waals surface area contributed by atoms with E-state index < -0.39 is 0 Å². The molecule has 5 aromatic carbocycles. The van der Waals surface area contributed by atoms with Crippen molar-refractivity contribution in [1.29, 1.82) is 0 Å². The molecule has 0 unspecified atom stereocenters. The lowest BCUT2D eigenvalue weighted by Gasteiger charge is -2.13. The molecule has 9 rings (SSSR count). The zero-order valence-electron chi connectivity index (χ0n) is 29.2. The van der Waals surface area contributed by atoms with Crippen LogP contribution in [0, 0.1) is 0 Å². The molecule has 0 aliphatic rings. The van der Waals surface area contributed by atoms with Gasteiger partial charge < -0.3 is 0 Å². The maximum Gasteiger partial charge on any atom is 0.164 e. The van der Waals surface area contributed by atoms with Gasteiger partial charge in [0.25, 0.3) is 0 Å². The molecule has 0 bridgehead atoms. The van der Waals surface area contributed by atoms with Gasteiger partial charge in [-0.1, -0.05) is 146 Å². The Balaban J connectivity index is 1.08. The molecule has 0 spiro atoms. The first kappa shape index (κ1) is 32.5. The molecule has 9 aromatic rings. The zero-order valence-corrected chi connectivity index (χ0v) is 29.2. The number of hydrogen-bond acceptors (Lipinski definition) is 6. The third kappa shape index (κ3) is 6.79. The lowest BCUT2D eigenvalue weighted by atomic mass is 9.96. The molecule has 0 aliphatic heterocycles. The second-order valence-corrected chi connectivity index (χ2v) is 12.8. The minimum atomic E-state index is 0.622. The Bertz CT molecular complexity index is 2570. The van der Waals surface area contributed by atoms with Gasteiger partial charge in [0.1, 0.15) is 0 Å². The number of pyridine rings is 3. The smallest absolute Gasteiger partial charge is 0.164 e. The van der Waals surface area contributed by atoms with Crippen molar-refractivity contribution >= 4 is 0 Å². The Kier molecular flexibility index (Phi) is 8.81. The van der Waals surface area contributed by atoms with Gasteiger partial charge in [0, 0.05) is 34.6 Å². The van der Waals surface area contributed by atoms with E-state index in [2.05, 4.69) is 83.8 Å². The first-order valence-corrected chi connectivity index (χ1v) is 17.8. The summed E-state index contributed by atoms with van der Waals surface area (Å²) in [6.07, 6.45) is 3.62. The highest BCUT2D eigenvalue weighted by Gasteiger charge is 2.16. The van der Waals surface area contributed by atoms with Crippen molar-refractivity contribution < 1.29 is 0 Å². The van der Waals surface area contributed by atoms with Crippen molar-refractivity contribution in [2.24, 2.45) is 0 Å². The van der Waals surface area contributed by atoms with Crippen LogP contribution in [0.1, 0.15) is 0 Å². The monoisotopic (exact) mass is 692 g/mol. The second-order valence-electron chi connectivity index (χ2n) is 12.8. The molecule has 0 atom stereocenters. The molecule has 0 radical (unpaired) electrons. The predicted octanol–water partition coefficient (Wildman–Crippen LogP) is 11.4. The molecule has 4 aromatic heterocycles. The van der Waals surface area contributed by atoms with Crippen molar-refractivity contribution in [1.82, 2.24) is 29.9 Å². The average Bonchev–Trinajstić information content (AvgIpc) is 3.27. The third-order valence-corrected chi connectivity index (χ3v) is 9.26. The molecule has 54 heavy (non-hydrogen) atoms. The molecular formula is C48H32N6. The average molecular weight is 693 g/mol. The Morgan fingerprint density at radius 3 is 1.43 bits per heavy atom. The fraction of sp³-hybridized carbons (Fsp3) is 0. The minimum Gasteiger partial charge on any atom is -0.255 e. The molecule has 0 amide bonds. The topological polar surface area (TPSA) is 77.3 Å². The van der Waals surface area contributed by atoms with Crippen LogP contribution >= 0.6 is 0 Å². The number of aromatic nitrogens is 6. The molecule has 0 saturated heterocycles. The van der Waals surface area contributed by atoms with Crippen LogP contribution in [0.3, 0.4) is 0 Å². The van der Waals surface area contributed by atoms with E-state index in [0.29, 0.717) is 17.5 Å². The SMILES string of the molecule is c1ccc(-c2cc(-c3ccccn3)nc(-c3ncccc3-c3ccc(-c4cccc(-c5nc(-c6ccccc6)nc(-c6ccccc6)n5)c4)cc3)c2)cc1. The Hall–Kier alpha value is -7.44. The molecular weight excluding hydrogens is 661 g/mol. The van der Waals surface area contributed by atoms with E-state index in [0.717, 1.165) is 72.8 Å². The zero-order chi connectivity index (χ0) is 36.1. The van der Waals surface area contributed by atoms with Crippen LogP contribution in [-0.2, 0) is 0 Å². The Morgan fingerprint density at radius 1 is 0.259 bits per heavy atom. The molecule has 6 heteroatoms. The number of hydrogen-bond donors (Lipinski definition) is 0. The van der Waals surface area contributed by atoms with E-state index in [4.69, 9.17) is 24.9 Å². The van der Waals surface area contributed by atoms with E-state index >= 15 is 0 Å². The lowest BCUT2D eigenvalue weighted by Crippen LogP contribution is -2.00. The summed E-state index contributed by atoms with van der Waals surface area (Å²) in [6, 6.07) is 61.5. The van der Waals surface area contributed by atoms with Gasteiger partial charge in [0.2, 0.25) is 0 Å². The number of nitrogens with zero attached hydrogens (tertiary/aromatic N) is 6. The number of benzene rings is 5. The summed E-state index contributed by atoms with van der Waals surface area (Å²) in [6.45, 7) is 0. The molecule has 0 fully saturated rings. The van der Waals surface area contributed by atoms with E-state index in [1.165, 1.54) is 0 Å². The maximum absolute atomic E-state index is 5.10. The highest BCUT2D eigenvalue weighted by Crippen LogP contribution is 2.35. The quantitative estimate of drug-likeness (QED) is 0.158. The summed E-state index contributed by atoms with van der Waals surface area (Å²) >= 11 is 0. The van der Waals surface area contributed by atoms with Crippen LogP contribution in [0.15, 0.2) is 194 Å². The summed E-state index contributed by atoms with van der Waals surface area (Å²) in [5, 5.41) is 0. The first-order valence-electron chi connectivity index (χ1n) is 17.8. The van der Waals surface area contributed by atoms with Gasteiger partial charge >= 0.3 is 0 Å². The molecule has 254 valence electrons. The summed E-state index contributed by atoms with van der Waals surface area (Å²) in [5.74, 6) is 1.89. The van der Waals surface area contributed by atoms with Crippen molar-refractivity contribution in [3.05, 3.63) is 194 Å². The summed E-state index contributed by atoms with van der Waals surface area (Å²) in [5.41, 5.74) is 12.3. The van der Waals surface area contributed by atoms with E-state index in [-0.39, 0.29) is 0 Å². The minimum absolute atomic E-state index is 0.622. The standard InChI is InChI=1S/C48H32N6/c1-4-14-33(15-5-1)40-31-43(42-23-10-11-28-49-42)51-44(32-40)45-41(22-13-29-50-45)35-26-24-34(25-27-35)38-20-12-21-39(30-38)48-53-46(36-16-6-2-7-17-36)52-47(54-48)37-18-8-3-9-19-37/h1-32H. The van der Waals surface area contributed by atoms with Gasteiger partial charge in [0.15, 0.2) is 17.5 Å². The van der Waals surface area contributed by atoms with Crippen molar-refractivity contribution in [2.75, 3.05) is 0 Å². The molecule has 0 aliphatic carbocycles. The van der Waals surface area contributed by atoms with Crippen molar-refractivity contribution in [3.63, 3.8) is 0 Å². The van der Waals surface area contributed by atoms with Gasteiger partial charge in [0.05, 0.1) is 22.8 Å². The van der Waals surface area contributed by atoms with Crippen molar-refractivity contribution in [3.8, 4) is 90.3 Å². The van der Waals surface area contributed by atoms with Crippen LogP contribution in [0.2, 0.25) is 0 Å². The largest absolute Gasteiger partial charge is 0.255 e. The normalized spacial score (nSPS) is 11.0. The van der Waals surface area contributed by atoms with Gasteiger partial charge in [-0.15, -0.1) is 0 Å². The van der Waals surface area contributed by atoms with Crippen LogP contribution in [-0.4, -0.2) is 29.9 Å². The highest BCUT2D eigenvalue weighted by atomic mass is 15.0. The van der Waals surface area contributed by atoms with Gasteiger partial charge in [-0.05, 0) is 64.2 Å². The van der Waals surface area contributed by atoms with E-state index in [9.17, 15) is 0 Å². The van der Waals surface area contributed by atoms with Crippen molar-refractivity contribution in [2.45, 2.75) is 0 Å². The molecule has 0 saturated carbocycles. The van der Waals surface area contributed by atoms with E-state index in [1.807, 2.05) is 109 Å². The molecule has 4 heterocycles. The maximum atomic E-state index is 5.10. The fourth-order valence-corrected chi connectivity index (χ4v) is 6.55. The number of rotatable bonds is 8. The lowest BCUT2D eigenvalue weighted by molar-refractivity contribution is 1.07. The van der Waals surface area contributed by atoms with Crippen LogP contribution in [0.5, 0.6) is 0 Å².